The van der Waals surface area contributed by atoms with Crippen molar-refractivity contribution in [3.63, 3.8) is 0 Å². The van der Waals surface area contributed by atoms with Crippen LogP contribution in [0.4, 0.5) is 5.69 Å². The fourth-order valence-electron chi connectivity index (χ4n) is 3.08. The molecule has 0 fully saturated rings. The lowest BCUT2D eigenvalue weighted by atomic mass is 10.2. The normalized spacial score (nSPS) is 10.5. The first-order chi connectivity index (χ1) is 16.0. The van der Waals surface area contributed by atoms with Crippen LogP contribution in [0.15, 0.2) is 54.6 Å². The first-order valence-corrected chi connectivity index (χ1v) is 11.9. The number of benzene rings is 2. The summed E-state index contributed by atoms with van der Waals surface area (Å²) in [7, 11) is 0. The van der Waals surface area contributed by atoms with E-state index in [2.05, 4.69) is 34.9 Å². The van der Waals surface area contributed by atoms with E-state index < -0.39 is 0 Å². The van der Waals surface area contributed by atoms with Gasteiger partial charge < -0.3 is 10.1 Å². The first-order valence-electron chi connectivity index (χ1n) is 11.5. The Morgan fingerprint density at radius 3 is 2.09 bits per heavy atom. The van der Waals surface area contributed by atoms with Gasteiger partial charge in [-0.15, -0.1) is 0 Å². The van der Waals surface area contributed by atoms with Gasteiger partial charge in [0, 0.05) is 17.8 Å². The largest absolute Gasteiger partial charge is 0.461 e. The predicted molar refractivity (Wildman–Crippen MR) is 136 cm³/mol. The molecule has 0 saturated heterocycles. The highest BCUT2D eigenvalue weighted by molar-refractivity contribution is 7.80. The number of carbonyl (C=O) groups excluding carboxylic acids is 2. The maximum Gasteiger partial charge on any atom is 0.338 e. The van der Waals surface area contributed by atoms with Crippen molar-refractivity contribution >= 4 is 34.9 Å². The van der Waals surface area contributed by atoms with Crippen LogP contribution in [0.5, 0.6) is 0 Å². The summed E-state index contributed by atoms with van der Waals surface area (Å²) in [5.41, 5.74) is 6.88. The lowest BCUT2D eigenvalue weighted by Crippen LogP contribution is -2.43. The molecule has 178 valence electrons. The van der Waals surface area contributed by atoms with Gasteiger partial charge in [-0.3, -0.25) is 20.5 Å². The summed E-state index contributed by atoms with van der Waals surface area (Å²) in [6.07, 6.45) is 4.61. The number of thiocarbonyl (C=S) groups is 1. The molecule has 0 aliphatic rings. The zero-order valence-electron chi connectivity index (χ0n) is 19.4. The van der Waals surface area contributed by atoms with Crippen molar-refractivity contribution in [1.29, 1.82) is 0 Å². The minimum absolute atomic E-state index is 0.230. The molecule has 0 aromatic heterocycles. The Labute approximate surface area is 201 Å². The summed E-state index contributed by atoms with van der Waals surface area (Å²) in [6, 6.07) is 15.7. The summed E-state index contributed by atoms with van der Waals surface area (Å²) in [4.78, 5) is 26.7. The van der Waals surface area contributed by atoms with Gasteiger partial charge in [0.05, 0.1) is 5.56 Å². The molecular weight excluding hydrogens is 436 g/mol. The molecule has 2 rings (SSSR count). The lowest BCUT2D eigenvalue weighted by molar-refractivity contribution is 0.0460. The van der Waals surface area contributed by atoms with E-state index in [0.29, 0.717) is 23.4 Å². The van der Waals surface area contributed by atoms with Gasteiger partial charge in [0.1, 0.15) is 6.61 Å². The average molecular weight is 471 g/mol. The van der Waals surface area contributed by atoms with Crippen molar-refractivity contribution < 1.29 is 14.3 Å². The molecule has 3 N–H and O–H groups in total. The number of carbonyl (C=O) groups is 2. The van der Waals surface area contributed by atoms with Crippen molar-refractivity contribution in [1.82, 2.24) is 15.8 Å². The monoisotopic (exact) mass is 470 g/mol. The number of ether oxygens (including phenoxy) is 1. The molecule has 0 aliphatic carbocycles. The van der Waals surface area contributed by atoms with E-state index >= 15 is 0 Å². The minimum Gasteiger partial charge on any atom is -0.461 e. The van der Waals surface area contributed by atoms with E-state index in [4.69, 9.17) is 17.0 Å². The quantitative estimate of drug-likeness (QED) is 0.241. The van der Waals surface area contributed by atoms with Gasteiger partial charge in [-0.2, -0.15) is 0 Å². The fourth-order valence-corrected chi connectivity index (χ4v) is 3.25. The number of esters is 1. The number of anilines is 1. The molecule has 8 heteroatoms. The molecular formula is C25H34N4O3S. The molecule has 2 aromatic carbocycles. The van der Waals surface area contributed by atoms with Crippen LogP contribution < -0.4 is 16.2 Å². The highest BCUT2D eigenvalue weighted by atomic mass is 32.1. The predicted octanol–water partition coefficient (Wildman–Crippen LogP) is 4.38. The van der Waals surface area contributed by atoms with Gasteiger partial charge in [0.2, 0.25) is 0 Å². The summed E-state index contributed by atoms with van der Waals surface area (Å²) in [6.45, 7) is 7.56. The molecule has 0 bridgehead atoms. The Bertz CT molecular complexity index is 867. The SMILES string of the molecule is CCCCN(CCCC)CCOC(=O)c1ccc(NC(=S)NNC(=O)c2ccccc2)cc1. The van der Waals surface area contributed by atoms with Crippen LogP contribution in [0.3, 0.4) is 0 Å². The molecule has 0 unspecified atom stereocenters. The summed E-state index contributed by atoms with van der Waals surface area (Å²) >= 11 is 5.20. The third kappa shape index (κ3) is 10.0. The van der Waals surface area contributed by atoms with Gasteiger partial charge in [-0.05, 0) is 74.5 Å². The topological polar surface area (TPSA) is 82.7 Å². The van der Waals surface area contributed by atoms with Gasteiger partial charge >= 0.3 is 5.97 Å². The second-order valence-electron chi connectivity index (χ2n) is 7.66. The second-order valence-corrected chi connectivity index (χ2v) is 8.07. The molecule has 33 heavy (non-hydrogen) atoms. The Morgan fingerprint density at radius 1 is 0.848 bits per heavy atom. The number of rotatable bonds is 12. The molecule has 0 aliphatic heterocycles. The van der Waals surface area contributed by atoms with Crippen LogP contribution in [0, 0.1) is 0 Å². The highest BCUT2D eigenvalue weighted by Gasteiger charge is 2.10. The Morgan fingerprint density at radius 2 is 1.48 bits per heavy atom. The summed E-state index contributed by atoms with van der Waals surface area (Å²) in [5, 5.41) is 3.19. The highest BCUT2D eigenvalue weighted by Crippen LogP contribution is 2.11. The second kappa shape index (κ2) is 15.0. The molecule has 2 aromatic rings. The maximum absolute atomic E-state index is 12.4. The van der Waals surface area contributed by atoms with E-state index in [1.54, 1.807) is 48.5 Å². The number of amides is 1. The van der Waals surface area contributed by atoms with E-state index in [9.17, 15) is 9.59 Å². The Hall–Kier alpha value is -2.97. The van der Waals surface area contributed by atoms with E-state index in [1.165, 1.54) is 0 Å². The molecule has 0 saturated carbocycles. The zero-order chi connectivity index (χ0) is 23.9. The first kappa shape index (κ1) is 26.3. The van der Waals surface area contributed by atoms with Crippen molar-refractivity contribution in [3.05, 3.63) is 65.7 Å². The lowest BCUT2D eigenvalue weighted by Gasteiger charge is -2.21. The van der Waals surface area contributed by atoms with Crippen LogP contribution in [0.25, 0.3) is 0 Å². The number of nitrogens with zero attached hydrogens (tertiary/aromatic N) is 1. The molecule has 7 nitrogen and oxygen atoms in total. The maximum atomic E-state index is 12.4. The molecule has 0 atom stereocenters. The van der Waals surface area contributed by atoms with E-state index in [1.807, 2.05) is 6.07 Å². The zero-order valence-corrected chi connectivity index (χ0v) is 20.2. The summed E-state index contributed by atoms with van der Waals surface area (Å²) < 4.78 is 5.46. The van der Waals surface area contributed by atoms with Gasteiger partial charge in [-0.25, -0.2) is 4.79 Å². The van der Waals surface area contributed by atoms with Crippen molar-refractivity contribution in [2.45, 2.75) is 39.5 Å². The summed E-state index contributed by atoms with van der Waals surface area (Å²) in [5.74, 6) is -0.635. The van der Waals surface area contributed by atoms with Gasteiger partial charge in [0.15, 0.2) is 5.11 Å². The van der Waals surface area contributed by atoms with Crippen molar-refractivity contribution in [2.24, 2.45) is 0 Å². The number of hydrogen-bond acceptors (Lipinski definition) is 5. The number of hydrogen-bond donors (Lipinski definition) is 3. The fraction of sp³-hybridized carbons (Fsp3) is 0.400. The van der Waals surface area contributed by atoms with Crippen molar-refractivity contribution in [3.8, 4) is 0 Å². The van der Waals surface area contributed by atoms with Crippen LogP contribution in [0.1, 0.15) is 60.2 Å². The van der Waals surface area contributed by atoms with Gasteiger partial charge in [0.25, 0.3) is 5.91 Å². The Balaban J connectivity index is 1.74. The standard InChI is InChI=1S/C25H34N4O3S/c1-3-5-16-29(17-6-4-2)18-19-32-24(31)21-12-14-22(15-13-21)26-25(33)28-27-23(30)20-10-8-7-9-11-20/h7-15H,3-6,16-19H2,1-2H3,(H,27,30)(H2,26,28,33). The molecule has 0 heterocycles. The number of unbranched alkanes of at least 4 members (excludes halogenated alkanes) is 2. The van der Waals surface area contributed by atoms with Crippen LogP contribution in [-0.2, 0) is 4.74 Å². The van der Waals surface area contributed by atoms with Crippen LogP contribution in [-0.4, -0.2) is 48.1 Å². The number of hydrazine groups is 1. The number of nitrogens with one attached hydrogen (secondary N) is 3. The molecule has 0 spiro atoms. The van der Waals surface area contributed by atoms with E-state index in [0.717, 1.165) is 45.3 Å². The van der Waals surface area contributed by atoms with Gasteiger partial charge in [-0.1, -0.05) is 44.9 Å². The smallest absolute Gasteiger partial charge is 0.338 e. The third-order valence-corrected chi connectivity index (χ3v) is 5.20. The van der Waals surface area contributed by atoms with Crippen LogP contribution >= 0.6 is 12.2 Å². The Kier molecular flexibility index (Phi) is 11.9. The molecule has 1 amide bonds. The van der Waals surface area contributed by atoms with E-state index in [-0.39, 0.29) is 17.0 Å². The molecule has 0 radical (unpaired) electrons. The average Bonchev–Trinajstić information content (AvgIpc) is 2.84. The van der Waals surface area contributed by atoms with Crippen LogP contribution in [0.2, 0.25) is 0 Å². The van der Waals surface area contributed by atoms with Crippen molar-refractivity contribution in [2.75, 3.05) is 31.6 Å². The minimum atomic E-state index is -0.344. The third-order valence-electron chi connectivity index (χ3n) is 5.00.